The molecule has 1 amide bonds. The molecule has 23 heavy (non-hydrogen) atoms. The summed E-state index contributed by atoms with van der Waals surface area (Å²) in [5, 5.41) is 2.84. The van der Waals surface area contributed by atoms with Crippen molar-refractivity contribution in [3.05, 3.63) is 59.7 Å². The number of methoxy groups -OCH3 is 1. The fourth-order valence-electron chi connectivity index (χ4n) is 2.22. The van der Waals surface area contributed by atoms with Gasteiger partial charge in [0, 0.05) is 0 Å². The van der Waals surface area contributed by atoms with E-state index in [2.05, 4.69) is 25.2 Å². The van der Waals surface area contributed by atoms with Crippen molar-refractivity contribution < 1.29 is 14.3 Å². The number of ether oxygens (including phenoxy) is 2. The van der Waals surface area contributed by atoms with Crippen molar-refractivity contribution >= 4 is 5.91 Å². The van der Waals surface area contributed by atoms with Crippen molar-refractivity contribution in [2.75, 3.05) is 20.3 Å². The molecule has 2 rings (SSSR count). The zero-order valence-electron chi connectivity index (χ0n) is 13.8. The number of carbonyl (C=O) groups excluding carboxylic acids is 1. The molecule has 0 bridgehead atoms. The maximum absolute atomic E-state index is 12.1. The number of hydrogen-bond acceptors (Lipinski definition) is 3. The molecule has 0 fully saturated rings. The van der Waals surface area contributed by atoms with Gasteiger partial charge in [-0.15, -0.1) is 0 Å². The van der Waals surface area contributed by atoms with Crippen LogP contribution in [0.4, 0.5) is 0 Å². The highest BCUT2D eigenvalue weighted by Gasteiger charge is 2.10. The summed E-state index contributed by atoms with van der Waals surface area (Å²) < 4.78 is 10.9. The lowest BCUT2D eigenvalue weighted by Crippen LogP contribution is -2.28. The van der Waals surface area contributed by atoms with E-state index in [1.54, 1.807) is 19.2 Å². The van der Waals surface area contributed by atoms with Gasteiger partial charge in [0.25, 0.3) is 5.91 Å². The maximum atomic E-state index is 12.1. The molecule has 0 saturated heterocycles. The van der Waals surface area contributed by atoms with Crippen molar-refractivity contribution in [2.24, 2.45) is 0 Å². The number of amides is 1. The lowest BCUT2D eigenvalue weighted by Gasteiger charge is -2.11. The van der Waals surface area contributed by atoms with Gasteiger partial charge in [0.15, 0.2) is 0 Å². The molecule has 0 aliphatic rings. The first-order valence-corrected chi connectivity index (χ1v) is 7.75. The van der Waals surface area contributed by atoms with Crippen LogP contribution >= 0.6 is 0 Å². The first-order chi connectivity index (χ1) is 11.1. The molecule has 1 N–H and O–H groups in total. The van der Waals surface area contributed by atoms with E-state index in [0.717, 1.165) is 5.75 Å². The number of carbonyl (C=O) groups is 1. The number of benzene rings is 2. The van der Waals surface area contributed by atoms with E-state index in [0.29, 0.717) is 30.4 Å². The molecule has 0 radical (unpaired) electrons. The highest BCUT2D eigenvalue weighted by molar-refractivity contribution is 5.96. The van der Waals surface area contributed by atoms with Crippen LogP contribution in [0.3, 0.4) is 0 Å². The van der Waals surface area contributed by atoms with E-state index in [-0.39, 0.29) is 5.91 Å². The smallest absolute Gasteiger partial charge is 0.255 e. The zero-order chi connectivity index (χ0) is 16.7. The molecule has 0 spiro atoms. The third-order valence-corrected chi connectivity index (χ3v) is 3.53. The van der Waals surface area contributed by atoms with Crippen LogP contribution in [-0.4, -0.2) is 26.2 Å². The van der Waals surface area contributed by atoms with Crippen molar-refractivity contribution in [1.29, 1.82) is 0 Å². The van der Waals surface area contributed by atoms with Crippen LogP contribution in [0.5, 0.6) is 11.5 Å². The Hall–Kier alpha value is -2.49. The Kier molecular flexibility index (Phi) is 6.03. The third kappa shape index (κ3) is 4.74. The van der Waals surface area contributed by atoms with E-state index in [9.17, 15) is 4.79 Å². The van der Waals surface area contributed by atoms with Gasteiger partial charge in [0.2, 0.25) is 0 Å². The summed E-state index contributed by atoms with van der Waals surface area (Å²) in [6.07, 6.45) is 0. The monoisotopic (exact) mass is 313 g/mol. The molecule has 0 unspecified atom stereocenters. The summed E-state index contributed by atoms with van der Waals surface area (Å²) >= 11 is 0. The summed E-state index contributed by atoms with van der Waals surface area (Å²) in [4.78, 5) is 12.1. The topological polar surface area (TPSA) is 47.6 Å². The van der Waals surface area contributed by atoms with E-state index >= 15 is 0 Å². The van der Waals surface area contributed by atoms with Crippen LogP contribution in [0.1, 0.15) is 35.7 Å². The molecule has 0 saturated carbocycles. The van der Waals surface area contributed by atoms with Crippen LogP contribution in [0.2, 0.25) is 0 Å². The summed E-state index contributed by atoms with van der Waals surface area (Å²) in [5.74, 6) is 1.68. The second-order valence-corrected chi connectivity index (χ2v) is 5.53. The summed E-state index contributed by atoms with van der Waals surface area (Å²) in [6.45, 7) is 5.14. The minimum Gasteiger partial charge on any atom is -0.496 e. The highest BCUT2D eigenvalue weighted by atomic mass is 16.5. The van der Waals surface area contributed by atoms with Crippen molar-refractivity contribution in [3.63, 3.8) is 0 Å². The minimum atomic E-state index is -0.165. The standard InChI is InChI=1S/C19H23NO3/c1-14(2)15-7-6-8-16(13-15)23-12-11-20-19(21)17-9-4-5-10-18(17)22-3/h4-10,13-14H,11-12H2,1-3H3,(H,20,21). The third-order valence-electron chi connectivity index (χ3n) is 3.53. The second-order valence-electron chi connectivity index (χ2n) is 5.53. The Bertz CT molecular complexity index is 653. The van der Waals surface area contributed by atoms with Gasteiger partial charge in [-0.3, -0.25) is 4.79 Å². The lowest BCUT2D eigenvalue weighted by molar-refractivity contribution is 0.0944. The number of rotatable bonds is 7. The molecule has 4 nitrogen and oxygen atoms in total. The number of hydrogen-bond donors (Lipinski definition) is 1. The SMILES string of the molecule is COc1ccccc1C(=O)NCCOc1cccc(C(C)C)c1. The molecule has 0 aliphatic heterocycles. The maximum Gasteiger partial charge on any atom is 0.255 e. The summed E-state index contributed by atoms with van der Waals surface area (Å²) in [7, 11) is 1.55. The Morgan fingerprint density at radius 3 is 2.65 bits per heavy atom. The van der Waals surface area contributed by atoms with Gasteiger partial charge in [0.05, 0.1) is 19.2 Å². The fourth-order valence-corrected chi connectivity index (χ4v) is 2.22. The van der Waals surface area contributed by atoms with Gasteiger partial charge in [-0.1, -0.05) is 38.1 Å². The first kappa shape index (κ1) is 16.9. The molecule has 0 aromatic heterocycles. The van der Waals surface area contributed by atoms with E-state index in [1.165, 1.54) is 5.56 Å². The summed E-state index contributed by atoms with van der Waals surface area (Å²) in [6, 6.07) is 15.2. The van der Waals surface area contributed by atoms with Crippen molar-refractivity contribution in [2.45, 2.75) is 19.8 Å². The fraction of sp³-hybridized carbons (Fsp3) is 0.316. The molecule has 2 aromatic rings. The predicted molar refractivity (Wildman–Crippen MR) is 91.4 cm³/mol. The van der Waals surface area contributed by atoms with Gasteiger partial charge in [-0.05, 0) is 35.7 Å². The zero-order valence-corrected chi connectivity index (χ0v) is 13.8. The molecule has 4 heteroatoms. The minimum absolute atomic E-state index is 0.165. The number of para-hydroxylation sites is 1. The Morgan fingerprint density at radius 2 is 1.91 bits per heavy atom. The normalized spacial score (nSPS) is 10.4. The van der Waals surface area contributed by atoms with Gasteiger partial charge < -0.3 is 14.8 Å². The van der Waals surface area contributed by atoms with Crippen molar-refractivity contribution in [1.82, 2.24) is 5.32 Å². The first-order valence-electron chi connectivity index (χ1n) is 7.75. The Labute approximate surface area is 137 Å². The molecule has 0 atom stereocenters. The van der Waals surface area contributed by atoms with Gasteiger partial charge >= 0.3 is 0 Å². The van der Waals surface area contributed by atoms with E-state index < -0.39 is 0 Å². The van der Waals surface area contributed by atoms with Gasteiger partial charge in [-0.25, -0.2) is 0 Å². The Morgan fingerprint density at radius 1 is 1.13 bits per heavy atom. The highest BCUT2D eigenvalue weighted by Crippen LogP contribution is 2.20. The van der Waals surface area contributed by atoms with Crippen LogP contribution in [0.15, 0.2) is 48.5 Å². The van der Waals surface area contributed by atoms with Crippen LogP contribution in [0, 0.1) is 0 Å². The average molecular weight is 313 g/mol. The largest absolute Gasteiger partial charge is 0.496 e. The van der Waals surface area contributed by atoms with Gasteiger partial charge in [0.1, 0.15) is 18.1 Å². The molecular formula is C19H23NO3. The lowest BCUT2D eigenvalue weighted by atomic mass is 10.0. The number of nitrogens with one attached hydrogen (secondary N) is 1. The Balaban J connectivity index is 1.83. The summed E-state index contributed by atoms with van der Waals surface area (Å²) in [5.41, 5.74) is 1.76. The van der Waals surface area contributed by atoms with Crippen molar-refractivity contribution in [3.8, 4) is 11.5 Å². The predicted octanol–water partition coefficient (Wildman–Crippen LogP) is 3.63. The molecule has 0 heterocycles. The molecule has 122 valence electrons. The van der Waals surface area contributed by atoms with Gasteiger partial charge in [-0.2, -0.15) is 0 Å². The van der Waals surface area contributed by atoms with Crippen LogP contribution < -0.4 is 14.8 Å². The molecular weight excluding hydrogens is 290 g/mol. The van der Waals surface area contributed by atoms with Crippen LogP contribution in [0.25, 0.3) is 0 Å². The quantitative estimate of drug-likeness (QED) is 0.794. The van der Waals surface area contributed by atoms with E-state index in [1.807, 2.05) is 30.3 Å². The van der Waals surface area contributed by atoms with Crippen LogP contribution in [-0.2, 0) is 0 Å². The second kappa shape index (κ2) is 8.22. The van der Waals surface area contributed by atoms with E-state index in [4.69, 9.17) is 9.47 Å². The molecule has 0 aliphatic carbocycles. The molecule has 2 aromatic carbocycles. The average Bonchev–Trinajstić information content (AvgIpc) is 2.58.